The van der Waals surface area contributed by atoms with Gasteiger partial charge in [-0.05, 0) is 91.4 Å². The standard InChI is InChI=1S/C33H35ClN8O7/c1-33(2,3)49-32(47)21-6-9-23(10-7-21)36-29(44)26(16-20-4-11-24(12-5-20)41-14-15-48-18-28(41)43)38-31(46)30(45)37-25-17-22(34)8-13-27(25)42-19-35-39-40-42/h4-13,17,19,26,28,43H,14-16,18H2,1-3H3,(H,36,44)(H,37,45)(H,38,46). The summed E-state index contributed by atoms with van der Waals surface area (Å²) in [5.74, 6) is -3.28. The van der Waals surface area contributed by atoms with Crippen LogP contribution in [0.25, 0.3) is 5.69 Å². The molecule has 0 bridgehead atoms. The molecule has 1 saturated heterocycles. The van der Waals surface area contributed by atoms with Crippen molar-refractivity contribution in [3.63, 3.8) is 0 Å². The Balaban J connectivity index is 1.33. The molecule has 0 radical (unpaired) electrons. The smallest absolute Gasteiger partial charge is 0.338 e. The second-order valence-corrected chi connectivity index (χ2v) is 12.5. The van der Waals surface area contributed by atoms with E-state index in [1.807, 2.05) is 0 Å². The zero-order valence-corrected chi connectivity index (χ0v) is 27.7. The van der Waals surface area contributed by atoms with Gasteiger partial charge in [-0.2, -0.15) is 4.68 Å². The third kappa shape index (κ3) is 9.37. The van der Waals surface area contributed by atoms with Crippen molar-refractivity contribution in [1.82, 2.24) is 25.5 Å². The first-order valence-electron chi connectivity index (χ1n) is 15.3. The molecule has 5 rings (SSSR count). The summed E-state index contributed by atoms with van der Waals surface area (Å²) in [6, 6.07) is 16.6. The van der Waals surface area contributed by atoms with Crippen molar-refractivity contribution in [3.05, 3.63) is 89.2 Å². The molecule has 0 aliphatic carbocycles. The number of amides is 3. The predicted octanol–water partition coefficient (Wildman–Crippen LogP) is 2.73. The third-order valence-corrected chi connectivity index (χ3v) is 7.46. The number of anilines is 3. The van der Waals surface area contributed by atoms with Gasteiger partial charge in [0.05, 0.1) is 30.2 Å². The Morgan fingerprint density at radius 2 is 1.76 bits per heavy atom. The van der Waals surface area contributed by atoms with Gasteiger partial charge in [0.2, 0.25) is 5.91 Å². The summed E-state index contributed by atoms with van der Waals surface area (Å²) < 4.78 is 12.0. The molecule has 256 valence electrons. The van der Waals surface area contributed by atoms with Crippen molar-refractivity contribution in [2.45, 2.75) is 45.1 Å². The molecule has 1 aromatic heterocycles. The number of nitrogens with one attached hydrogen (secondary N) is 3. The fourth-order valence-corrected chi connectivity index (χ4v) is 5.07. The number of nitrogens with zero attached hydrogens (tertiary/aromatic N) is 5. The molecule has 3 aromatic carbocycles. The molecule has 16 heteroatoms. The number of rotatable bonds is 9. The molecule has 4 N–H and O–H groups in total. The van der Waals surface area contributed by atoms with E-state index in [-0.39, 0.29) is 23.7 Å². The number of esters is 1. The predicted molar refractivity (Wildman–Crippen MR) is 179 cm³/mol. The minimum Gasteiger partial charge on any atom is -0.456 e. The average Bonchev–Trinajstić information content (AvgIpc) is 3.59. The number of ether oxygens (including phenoxy) is 2. The minimum absolute atomic E-state index is 0.0137. The molecule has 1 aliphatic rings. The lowest BCUT2D eigenvalue weighted by atomic mass is 10.0. The number of halogens is 1. The third-order valence-electron chi connectivity index (χ3n) is 7.23. The van der Waals surface area contributed by atoms with Crippen LogP contribution in [0.2, 0.25) is 5.02 Å². The van der Waals surface area contributed by atoms with Crippen LogP contribution in [0.1, 0.15) is 36.7 Å². The Kier molecular flexibility index (Phi) is 10.9. The van der Waals surface area contributed by atoms with Crippen LogP contribution in [0, 0.1) is 0 Å². The van der Waals surface area contributed by atoms with Crippen LogP contribution >= 0.6 is 11.6 Å². The van der Waals surface area contributed by atoms with Gasteiger partial charge >= 0.3 is 17.8 Å². The van der Waals surface area contributed by atoms with E-state index in [0.29, 0.717) is 35.7 Å². The maximum Gasteiger partial charge on any atom is 0.338 e. The largest absolute Gasteiger partial charge is 0.456 e. The zero-order valence-electron chi connectivity index (χ0n) is 26.9. The quantitative estimate of drug-likeness (QED) is 0.149. The highest BCUT2D eigenvalue weighted by Crippen LogP contribution is 2.24. The van der Waals surface area contributed by atoms with E-state index in [4.69, 9.17) is 21.1 Å². The topological polar surface area (TPSA) is 190 Å². The van der Waals surface area contributed by atoms with E-state index < -0.39 is 41.6 Å². The van der Waals surface area contributed by atoms with E-state index in [1.165, 1.54) is 41.3 Å². The van der Waals surface area contributed by atoms with Gasteiger partial charge in [0.15, 0.2) is 6.23 Å². The summed E-state index contributed by atoms with van der Waals surface area (Å²) in [6.07, 6.45) is 0.531. The van der Waals surface area contributed by atoms with Crippen LogP contribution in [0.5, 0.6) is 0 Å². The molecule has 2 atom stereocenters. The average molecular weight is 691 g/mol. The Hall–Kier alpha value is -5.38. The van der Waals surface area contributed by atoms with E-state index >= 15 is 0 Å². The number of aromatic nitrogens is 4. The van der Waals surface area contributed by atoms with E-state index in [2.05, 4.69) is 31.5 Å². The summed E-state index contributed by atoms with van der Waals surface area (Å²) in [6.45, 7) is 6.44. The first-order chi connectivity index (χ1) is 23.4. The number of carbonyl (C=O) groups excluding carboxylic acids is 4. The van der Waals surface area contributed by atoms with Gasteiger partial charge < -0.3 is 35.4 Å². The molecule has 49 heavy (non-hydrogen) atoms. The lowest BCUT2D eigenvalue weighted by Crippen LogP contribution is -2.49. The van der Waals surface area contributed by atoms with Gasteiger partial charge in [0.25, 0.3) is 0 Å². The van der Waals surface area contributed by atoms with Gasteiger partial charge in [-0.25, -0.2) is 4.79 Å². The summed E-state index contributed by atoms with van der Waals surface area (Å²) in [5, 5.41) is 29.4. The Labute approximate surface area is 286 Å². The fourth-order valence-electron chi connectivity index (χ4n) is 4.90. The van der Waals surface area contributed by atoms with Crippen LogP contribution in [0.3, 0.4) is 0 Å². The number of morpholine rings is 1. The van der Waals surface area contributed by atoms with Crippen molar-refractivity contribution >= 4 is 52.4 Å². The maximum absolute atomic E-state index is 13.6. The van der Waals surface area contributed by atoms with Crippen LogP contribution in [0.4, 0.5) is 17.1 Å². The second kappa shape index (κ2) is 15.2. The first-order valence-corrected chi connectivity index (χ1v) is 15.6. The monoisotopic (exact) mass is 690 g/mol. The molecule has 2 heterocycles. The maximum atomic E-state index is 13.6. The lowest BCUT2D eigenvalue weighted by Gasteiger charge is -2.34. The summed E-state index contributed by atoms with van der Waals surface area (Å²) in [5.41, 5.74) is 1.91. The number of hydrogen-bond donors (Lipinski definition) is 4. The summed E-state index contributed by atoms with van der Waals surface area (Å²) in [7, 11) is 0. The number of tetrazole rings is 1. The first kappa shape index (κ1) is 34.9. The number of carbonyl (C=O) groups is 4. The minimum atomic E-state index is -1.21. The van der Waals surface area contributed by atoms with Crippen LogP contribution in [0.15, 0.2) is 73.1 Å². The van der Waals surface area contributed by atoms with Gasteiger partial charge in [0.1, 0.15) is 18.0 Å². The second-order valence-electron chi connectivity index (χ2n) is 12.1. The number of benzene rings is 3. The van der Waals surface area contributed by atoms with E-state index in [0.717, 1.165) is 5.69 Å². The molecule has 15 nitrogen and oxygen atoms in total. The summed E-state index contributed by atoms with van der Waals surface area (Å²) in [4.78, 5) is 54.2. The van der Waals surface area contributed by atoms with E-state index in [9.17, 15) is 24.3 Å². The Morgan fingerprint density at radius 3 is 2.41 bits per heavy atom. The molecule has 0 spiro atoms. The van der Waals surface area contributed by atoms with Gasteiger partial charge in [-0.3, -0.25) is 14.4 Å². The molecule has 3 amide bonds. The Morgan fingerprint density at radius 1 is 1.02 bits per heavy atom. The van der Waals surface area contributed by atoms with Gasteiger partial charge in [-0.15, -0.1) is 5.10 Å². The van der Waals surface area contributed by atoms with Gasteiger partial charge in [0, 0.05) is 29.4 Å². The van der Waals surface area contributed by atoms with Gasteiger partial charge in [-0.1, -0.05) is 23.7 Å². The highest BCUT2D eigenvalue weighted by Gasteiger charge is 2.27. The van der Waals surface area contributed by atoms with Crippen molar-refractivity contribution in [2.75, 3.05) is 35.3 Å². The van der Waals surface area contributed by atoms with Crippen LogP contribution in [-0.2, 0) is 30.3 Å². The SMILES string of the molecule is CC(C)(C)OC(=O)c1ccc(NC(=O)C(Cc2ccc(N3CCOCC3O)cc2)NC(=O)C(=O)Nc2cc(Cl)ccc2-n2cnnn2)cc1. The number of aliphatic hydroxyl groups excluding tert-OH is 1. The van der Waals surface area contributed by atoms with E-state index in [1.54, 1.807) is 62.1 Å². The lowest BCUT2D eigenvalue weighted by molar-refractivity contribution is -0.137. The molecular weight excluding hydrogens is 656 g/mol. The molecule has 2 unspecified atom stereocenters. The zero-order chi connectivity index (χ0) is 35.1. The molecule has 1 aliphatic heterocycles. The van der Waals surface area contributed by atoms with Crippen molar-refractivity contribution in [1.29, 1.82) is 0 Å². The van der Waals surface area contributed by atoms with Crippen molar-refractivity contribution in [2.24, 2.45) is 0 Å². The van der Waals surface area contributed by atoms with Crippen molar-refractivity contribution in [3.8, 4) is 5.69 Å². The highest BCUT2D eigenvalue weighted by atomic mass is 35.5. The molecule has 1 fully saturated rings. The van der Waals surface area contributed by atoms with Crippen LogP contribution in [-0.4, -0.2) is 86.6 Å². The fraction of sp³-hybridized carbons (Fsp3) is 0.303. The molecule has 0 saturated carbocycles. The Bertz CT molecular complexity index is 1800. The van der Waals surface area contributed by atoms with Crippen molar-refractivity contribution < 1.29 is 33.8 Å². The highest BCUT2D eigenvalue weighted by molar-refractivity contribution is 6.40. The summed E-state index contributed by atoms with van der Waals surface area (Å²) >= 11 is 6.14. The molecule has 4 aromatic rings. The number of hydrogen-bond acceptors (Lipinski definition) is 11. The number of aliphatic hydroxyl groups is 1. The molecular formula is C33H35ClN8O7. The van der Waals surface area contributed by atoms with Crippen LogP contribution < -0.4 is 20.9 Å². The normalized spacial score (nSPS) is 15.2.